The molecule has 0 amide bonds. The molecule has 0 radical (unpaired) electrons. The highest BCUT2D eigenvalue weighted by Crippen LogP contribution is 2.29. The third-order valence-corrected chi connectivity index (χ3v) is 3.15. The van der Waals surface area contributed by atoms with Gasteiger partial charge >= 0.3 is 0 Å². The smallest absolute Gasteiger partial charge is 0.243 e. The first-order valence-corrected chi connectivity index (χ1v) is 6.13. The van der Waals surface area contributed by atoms with Crippen molar-refractivity contribution in [1.29, 1.82) is 0 Å². The summed E-state index contributed by atoms with van der Waals surface area (Å²) in [6.07, 6.45) is 1.71. The van der Waals surface area contributed by atoms with Gasteiger partial charge in [0.15, 0.2) is 0 Å². The van der Waals surface area contributed by atoms with E-state index in [0.29, 0.717) is 11.7 Å². The SMILES string of the molecule is CC[C@H](N)c1nc(-c2ccc3c(c2)CCO3)no1. The Kier molecular flexibility index (Phi) is 2.76. The average Bonchev–Trinajstić information content (AvgIpc) is 3.05. The van der Waals surface area contributed by atoms with Gasteiger partial charge in [0.1, 0.15) is 5.75 Å². The van der Waals surface area contributed by atoms with Crippen LogP contribution in [0.1, 0.15) is 30.8 Å². The molecular formula is C13H15N3O2. The van der Waals surface area contributed by atoms with E-state index in [1.807, 2.05) is 19.1 Å². The molecule has 0 spiro atoms. The van der Waals surface area contributed by atoms with Crippen LogP contribution in [0.2, 0.25) is 0 Å². The Labute approximate surface area is 105 Å². The van der Waals surface area contributed by atoms with Crippen LogP contribution in [-0.4, -0.2) is 16.7 Å². The van der Waals surface area contributed by atoms with Crippen molar-refractivity contribution in [2.24, 2.45) is 5.73 Å². The van der Waals surface area contributed by atoms with E-state index in [2.05, 4.69) is 16.2 Å². The van der Waals surface area contributed by atoms with Crippen molar-refractivity contribution in [2.75, 3.05) is 6.61 Å². The zero-order chi connectivity index (χ0) is 12.5. The highest BCUT2D eigenvalue weighted by molar-refractivity contribution is 5.59. The molecule has 3 rings (SSSR count). The van der Waals surface area contributed by atoms with E-state index in [-0.39, 0.29) is 6.04 Å². The maximum Gasteiger partial charge on any atom is 0.243 e. The molecule has 1 aliphatic heterocycles. The second kappa shape index (κ2) is 4.42. The Morgan fingerprint density at radius 3 is 3.17 bits per heavy atom. The molecule has 0 saturated heterocycles. The molecule has 2 N–H and O–H groups in total. The van der Waals surface area contributed by atoms with Crippen molar-refractivity contribution in [2.45, 2.75) is 25.8 Å². The fourth-order valence-corrected chi connectivity index (χ4v) is 2.00. The highest BCUT2D eigenvalue weighted by Gasteiger charge is 2.17. The number of benzene rings is 1. The second-order valence-electron chi connectivity index (χ2n) is 4.39. The van der Waals surface area contributed by atoms with Gasteiger partial charge in [0, 0.05) is 12.0 Å². The van der Waals surface area contributed by atoms with Crippen LogP contribution in [0.5, 0.6) is 5.75 Å². The maximum absolute atomic E-state index is 5.86. The molecule has 0 fully saturated rings. The molecule has 0 aliphatic carbocycles. The Morgan fingerprint density at radius 1 is 1.44 bits per heavy atom. The van der Waals surface area contributed by atoms with Crippen molar-refractivity contribution < 1.29 is 9.26 Å². The van der Waals surface area contributed by atoms with Crippen molar-refractivity contribution >= 4 is 0 Å². The zero-order valence-electron chi connectivity index (χ0n) is 10.2. The Hall–Kier alpha value is -1.88. The largest absolute Gasteiger partial charge is 0.493 e. The maximum atomic E-state index is 5.86. The minimum Gasteiger partial charge on any atom is -0.493 e. The Balaban J connectivity index is 1.92. The summed E-state index contributed by atoms with van der Waals surface area (Å²) in [6.45, 7) is 2.73. The molecule has 18 heavy (non-hydrogen) atoms. The standard InChI is InChI=1S/C13H15N3O2/c1-2-10(14)13-15-12(16-18-13)9-3-4-11-8(7-9)5-6-17-11/h3-4,7,10H,2,5-6,14H2,1H3/t10-/m0/s1. The molecule has 94 valence electrons. The predicted molar refractivity (Wildman–Crippen MR) is 66.2 cm³/mol. The Bertz CT molecular complexity index is 565. The first-order valence-electron chi connectivity index (χ1n) is 6.13. The third kappa shape index (κ3) is 1.86. The second-order valence-corrected chi connectivity index (χ2v) is 4.39. The van der Waals surface area contributed by atoms with Crippen LogP contribution < -0.4 is 10.5 Å². The number of fused-ring (bicyclic) bond motifs is 1. The lowest BCUT2D eigenvalue weighted by molar-refractivity contribution is 0.352. The number of nitrogens with zero attached hydrogens (tertiary/aromatic N) is 2. The summed E-state index contributed by atoms with van der Waals surface area (Å²) in [5, 5.41) is 3.97. The van der Waals surface area contributed by atoms with E-state index in [4.69, 9.17) is 15.0 Å². The first kappa shape index (κ1) is 11.2. The van der Waals surface area contributed by atoms with E-state index in [1.165, 1.54) is 5.56 Å². The third-order valence-electron chi connectivity index (χ3n) is 3.15. The van der Waals surface area contributed by atoms with Crippen LogP contribution in [0.3, 0.4) is 0 Å². The molecule has 0 saturated carbocycles. The van der Waals surface area contributed by atoms with Crippen LogP contribution in [0.15, 0.2) is 22.7 Å². The van der Waals surface area contributed by atoms with Gasteiger partial charge < -0.3 is 15.0 Å². The molecule has 0 bridgehead atoms. The summed E-state index contributed by atoms with van der Waals surface area (Å²) in [5.41, 5.74) is 7.99. The number of nitrogens with two attached hydrogens (primary N) is 1. The fraction of sp³-hybridized carbons (Fsp3) is 0.385. The van der Waals surface area contributed by atoms with Gasteiger partial charge in [0.05, 0.1) is 12.6 Å². The molecule has 1 atom stereocenters. The zero-order valence-corrected chi connectivity index (χ0v) is 10.2. The van der Waals surface area contributed by atoms with Crippen molar-refractivity contribution in [3.05, 3.63) is 29.7 Å². The number of aromatic nitrogens is 2. The summed E-state index contributed by atoms with van der Waals surface area (Å²) in [5.74, 6) is 2.03. The van der Waals surface area contributed by atoms with Crippen molar-refractivity contribution in [3.63, 3.8) is 0 Å². The van der Waals surface area contributed by atoms with Crippen LogP contribution in [0.4, 0.5) is 0 Å². The lowest BCUT2D eigenvalue weighted by Gasteiger charge is -2.00. The summed E-state index contributed by atoms with van der Waals surface area (Å²) in [6, 6.07) is 5.75. The molecule has 1 aromatic carbocycles. The van der Waals surface area contributed by atoms with Gasteiger partial charge in [0.25, 0.3) is 0 Å². The van der Waals surface area contributed by atoms with Crippen LogP contribution in [0.25, 0.3) is 11.4 Å². The van der Waals surface area contributed by atoms with Gasteiger partial charge in [-0.15, -0.1) is 0 Å². The van der Waals surface area contributed by atoms with E-state index in [9.17, 15) is 0 Å². The number of rotatable bonds is 3. The normalized spacial score (nSPS) is 15.2. The molecule has 5 nitrogen and oxygen atoms in total. The molecule has 1 aromatic heterocycles. The highest BCUT2D eigenvalue weighted by atomic mass is 16.5. The van der Waals surface area contributed by atoms with Gasteiger partial charge in [0.2, 0.25) is 11.7 Å². The van der Waals surface area contributed by atoms with E-state index in [0.717, 1.165) is 30.8 Å². The number of ether oxygens (including phenoxy) is 1. The van der Waals surface area contributed by atoms with Gasteiger partial charge in [-0.3, -0.25) is 0 Å². The quantitative estimate of drug-likeness (QED) is 0.896. The molecule has 1 aliphatic rings. The lowest BCUT2D eigenvalue weighted by Crippen LogP contribution is -2.08. The predicted octanol–water partition coefficient (Wildman–Crippen LogP) is 2.08. The minimum absolute atomic E-state index is 0.191. The topological polar surface area (TPSA) is 74.2 Å². The van der Waals surface area contributed by atoms with E-state index < -0.39 is 0 Å². The van der Waals surface area contributed by atoms with E-state index in [1.54, 1.807) is 0 Å². The fourth-order valence-electron chi connectivity index (χ4n) is 2.00. The van der Waals surface area contributed by atoms with Gasteiger partial charge in [-0.25, -0.2) is 0 Å². The van der Waals surface area contributed by atoms with Gasteiger partial charge in [-0.1, -0.05) is 12.1 Å². The summed E-state index contributed by atoms with van der Waals surface area (Å²) in [4.78, 5) is 4.33. The Morgan fingerprint density at radius 2 is 2.33 bits per heavy atom. The minimum atomic E-state index is -0.191. The van der Waals surface area contributed by atoms with E-state index >= 15 is 0 Å². The molecule has 5 heteroatoms. The molecule has 2 aromatic rings. The summed E-state index contributed by atoms with van der Waals surface area (Å²) >= 11 is 0. The summed E-state index contributed by atoms with van der Waals surface area (Å²) in [7, 11) is 0. The van der Waals surface area contributed by atoms with Crippen LogP contribution >= 0.6 is 0 Å². The molecular weight excluding hydrogens is 230 g/mol. The first-order chi connectivity index (χ1) is 8.78. The number of hydrogen-bond donors (Lipinski definition) is 1. The lowest BCUT2D eigenvalue weighted by atomic mass is 10.1. The van der Waals surface area contributed by atoms with Crippen LogP contribution in [0, 0.1) is 0 Å². The van der Waals surface area contributed by atoms with Crippen molar-refractivity contribution in [3.8, 4) is 17.1 Å². The van der Waals surface area contributed by atoms with Gasteiger partial charge in [-0.05, 0) is 30.2 Å². The van der Waals surface area contributed by atoms with Crippen molar-refractivity contribution in [1.82, 2.24) is 10.1 Å². The monoisotopic (exact) mass is 245 g/mol. The number of hydrogen-bond acceptors (Lipinski definition) is 5. The average molecular weight is 245 g/mol. The summed E-state index contributed by atoms with van der Waals surface area (Å²) < 4.78 is 10.6. The molecule has 0 unspecified atom stereocenters. The van der Waals surface area contributed by atoms with Gasteiger partial charge in [-0.2, -0.15) is 4.98 Å². The van der Waals surface area contributed by atoms with Crippen LogP contribution in [-0.2, 0) is 6.42 Å². The molecule has 2 heterocycles.